The maximum absolute atomic E-state index is 6.82. The largest absolute Gasteiger partial charge is 0.454 e. The molecule has 248 valence electrons. The van der Waals surface area contributed by atoms with Crippen LogP contribution in [0.5, 0.6) is 0 Å². The predicted octanol–water partition coefficient (Wildman–Crippen LogP) is 14.0. The van der Waals surface area contributed by atoms with Gasteiger partial charge in [-0.05, 0) is 92.7 Å². The third-order valence-electron chi connectivity index (χ3n) is 10.5. The lowest BCUT2D eigenvalue weighted by Gasteiger charge is -2.26. The summed E-state index contributed by atoms with van der Waals surface area (Å²) in [5, 5.41) is 9.02. The molecule has 0 aliphatic rings. The molecule has 0 saturated heterocycles. The molecule has 0 amide bonds. The van der Waals surface area contributed by atoms with E-state index in [2.05, 4.69) is 157 Å². The molecule has 53 heavy (non-hydrogen) atoms. The van der Waals surface area contributed by atoms with Crippen LogP contribution in [-0.2, 0) is 0 Å². The SMILES string of the molecule is c1ccc2cc(-c3ccc(N(c4ccc5ccccc5c4)c4cccc5c4oc4cccc(-c6nc7c(ccc8ccccc87)o6)c45)cc3)ccc2c1. The van der Waals surface area contributed by atoms with Gasteiger partial charge in [0.1, 0.15) is 11.1 Å². The highest BCUT2D eigenvalue weighted by molar-refractivity contribution is 6.16. The molecular formula is C49H30N2O2. The lowest BCUT2D eigenvalue weighted by molar-refractivity contribution is 0.620. The Bertz CT molecular complexity index is 3190. The van der Waals surface area contributed by atoms with E-state index >= 15 is 0 Å². The fourth-order valence-electron chi connectivity index (χ4n) is 7.88. The number of hydrogen-bond donors (Lipinski definition) is 0. The second-order valence-electron chi connectivity index (χ2n) is 13.6. The van der Waals surface area contributed by atoms with Crippen LogP contribution < -0.4 is 4.90 Å². The van der Waals surface area contributed by atoms with E-state index in [9.17, 15) is 0 Å². The zero-order valence-corrected chi connectivity index (χ0v) is 28.5. The molecular weight excluding hydrogens is 649 g/mol. The zero-order valence-electron chi connectivity index (χ0n) is 28.5. The molecule has 0 aliphatic heterocycles. The zero-order chi connectivity index (χ0) is 34.9. The van der Waals surface area contributed by atoms with Crippen LogP contribution in [0.3, 0.4) is 0 Å². The van der Waals surface area contributed by atoms with Crippen LogP contribution in [-0.4, -0.2) is 4.98 Å². The monoisotopic (exact) mass is 678 g/mol. The van der Waals surface area contributed by atoms with Crippen molar-refractivity contribution in [2.75, 3.05) is 4.90 Å². The van der Waals surface area contributed by atoms with Crippen molar-refractivity contribution in [2.24, 2.45) is 0 Å². The Balaban J connectivity index is 1.09. The van der Waals surface area contributed by atoms with Gasteiger partial charge in [-0.1, -0.05) is 127 Å². The van der Waals surface area contributed by atoms with Crippen LogP contribution >= 0.6 is 0 Å². The Morgan fingerprint density at radius 2 is 1.06 bits per heavy atom. The van der Waals surface area contributed by atoms with Crippen molar-refractivity contribution in [1.82, 2.24) is 4.98 Å². The summed E-state index contributed by atoms with van der Waals surface area (Å²) in [6, 6.07) is 64.0. The van der Waals surface area contributed by atoms with Crippen molar-refractivity contribution in [3.63, 3.8) is 0 Å². The van der Waals surface area contributed by atoms with Gasteiger partial charge in [-0.3, -0.25) is 0 Å². The van der Waals surface area contributed by atoms with E-state index in [4.69, 9.17) is 13.8 Å². The smallest absolute Gasteiger partial charge is 0.228 e. The molecule has 0 atom stereocenters. The standard InChI is InChI=1S/C49H30N2O2/c1-3-12-35-29-37(20-19-31(35)9-1)33-21-25-38(26-22-33)51(39-27-23-32-10-2-4-13-36(32)30-39)43-17-7-15-41-46-42(16-8-18-44(46)52-48(41)43)49-50-47-40-14-6-5-11-34(40)24-28-45(47)53-49/h1-30H. The minimum Gasteiger partial charge on any atom is -0.454 e. The van der Waals surface area contributed by atoms with Gasteiger partial charge in [-0.2, -0.15) is 0 Å². The van der Waals surface area contributed by atoms with Crippen molar-refractivity contribution < 1.29 is 8.83 Å². The molecule has 9 aromatic carbocycles. The number of nitrogens with zero attached hydrogens (tertiary/aromatic N) is 2. The van der Waals surface area contributed by atoms with E-state index in [0.717, 1.165) is 72.0 Å². The quantitative estimate of drug-likeness (QED) is 0.182. The summed E-state index contributed by atoms with van der Waals surface area (Å²) < 4.78 is 13.3. The van der Waals surface area contributed by atoms with E-state index < -0.39 is 0 Å². The number of furan rings is 1. The van der Waals surface area contributed by atoms with Crippen molar-refractivity contribution in [3.05, 3.63) is 182 Å². The molecule has 2 aromatic heterocycles. The molecule has 11 aromatic rings. The average molecular weight is 679 g/mol. The molecule has 0 N–H and O–H groups in total. The van der Waals surface area contributed by atoms with Crippen LogP contribution in [0.4, 0.5) is 17.1 Å². The topological polar surface area (TPSA) is 42.4 Å². The van der Waals surface area contributed by atoms with Gasteiger partial charge in [0.2, 0.25) is 5.89 Å². The summed E-state index contributed by atoms with van der Waals surface area (Å²) in [6.07, 6.45) is 0. The van der Waals surface area contributed by atoms with Gasteiger partial charge in [0, 0.05) is 33.1 Å². The van der Waals surface area contributed by atoms with Gasteiger partial charge in [-0.25, -0.2) is 4.98 Å². The number of para-hydroxylation sites is 1. The molecule has 0 saturated carbocycles. The number of benzene rings is 9. The Kier molecular flexibility index (Phi) is 6.52. The first-order valence-electron chi connectivity index (χ1n) is 17.9. The van der Waals surface area contributed by atoms with Crippen molar-refractivity contribution >= 4 is 82.4 Å². The molecule has 0 bridgehead atoms. The summed E-state index contributed by atoms with van der Waals surface area (Å²) in [5.74, 6) is 0.575. The van der Waals surface area contributed by atoms with Crippen LogP contribution in [0.25, 0.3) is 87.9 Å². The highest BCUT2D eigenvalue weighted by Gasteiger charge is 2.23. The molecule has 4 heteroatoms. The summed E-state index contributed by atoms with van der Waals surface area (Å²) in [6.45, 7) is 0. The average Bonchev–Trinajstić information content (AvgIpc) is 3.84. The van der Waals surface area contributed by atoms with Crippen LogP contribution in [0.2, 0.25) is 0 Å². The van der Waals surface area contributed by atoms with E-state index in [1.54, 1.807) is 0 Å². The van der Waals surface area contributed by atoms with E-state index in [1.165, 1.54) is 27.1 Å². The molecule has 4 nitrogen and oxygen atoms in total. The Morgan fingerprint density at radius 1 is 0.415 bits per heavy atom. The summed E-state index contributed by atoms with van der Waals surface area (Å²) >= 11 is 0. The lowest BCUT2D eigenvalue weighted by atomic mass is 10.0. The fourth-order valence-corrected chi connectivity index (χ4v) is 7.88. The maximum atomic E-state index is 6.82. The number of hydrogen-bond acceptors (Lipinski definition) is 4. The van der Waals surface area contributed by atoms with Crippen LogP contribution in [0.1, 0.15) is 0 Å². The first-order valence-corrected chi connectivity index (χ1v) is 17.9. The summed E-state index contributed by atoms with van der Waals surface area (Å²) in [4.78, 5) is 7.36. The van der Waals surface area contributed by atoms with Gasteiger partial charge in [0.05, 0.1) is 5.69 Å². The number of aromatic nitrogens is 1. The van der Waals surface area contributed by atoms with E-state index in [0.29, 0.717) is 5.89 Å². The summed E-state index contributed by atoms with van der Waals surface area (Å²) in [7, 11) is 0. The second-order valence-corrected chi connectivity index (χ2v) is 13.6. The van der Waals surface area contributed by atoms with Crippen LogP contribution in [0, 0.1) is 0 Å². The van der Waals surface area contributed by atoms with Crippen molar-refractivity contribution in [2.45, 2.75) is 0 Å². The number of oxazole rings is 1. The van der Waals surface area contributed by atoms with Gasteiger partial charge >= 0.3 is 0 Å². The first-order chi connectivity index (χ1) is 26.2. The normalized spacial score (nSPS) is 11.8. The Labute approximate surface area is 304 Å². The van der Waals surface area contributed by atoms with Crippen molar-refractivity contribution in [3.8, 4) is 22.6 Å². The molecule has 0 radical (unpaired) electrons. The Hall–Kier alpha value is -7.17. The van der Waals surface area contributed by atoms with Crippen molar-refractivity contribution in [1.29, 1.82) is 0 Å². The van der Waals surface area contributed by atoms with Crippen LogP contribution in [0.15, 0.2) is 191 Å². The highest BCUT2D eigenvalue weighted by atomic mass is 16.3. The lowest BCUT2D eigenvalue weighted by Crippen LogP contribution is -2.10. The fraction of sp³-hybridized carbons (Fsp3) is 0. The van der Waals surface area contributed by atoms with Gasteiger partial charge in [-0.15, -0.1) is 0 Å². The Morgan fingerprint density at radius 3 is 1.89 bits per heavy atom. The third-order valence-corrected chi connectivity index (χ3v) is 10.5. The van der Waals surface area contributed by atoms with E-state index in [-0.39, 0.29) is 0 Å². The molecule has 0 fully saturated rings. The maximum Gasteiger partial charge on any atom is 0.228 e. The number of rotatable bonds is 5. The van der Waals surface area contributed by atoms with Gasteiger partial charge in [0.25, 0.3) is 0 Å². The minimum absolute atomic E-state index is 0.575. The predicted molar refractivity (Wildman–Crippen MR) is 219 cm³/mol. The highest BCUT2D eigenvalue weighted by Crippen LogP contribution is 2.45. The van der Waals surface area contributed by atoms with Gasteiger partial charge in [0.15, 0.2) is 11.2 Å². The molecule has 0 unspecified atom stereocenters. The van der Waals surface area contributed by atoms with Gasteiger partial charge < -0.3 is 13.7 Å². The summed E-state index contributed by atoms with van der Waals surface area (Å²) in [5.41, 5.74) is 9.47. The molecule has 0 spiro atoms. The minimum atomic E-state index is 0.575. The molecule has 2 heterocycles. The first kappa shape index (κ1) is 29.5. The second kappa shape index (κ2) is 11.7. The molecule has 11 rings (SSSR count). The molecule has 0 aliphatic carbocycles. The van der Waals surface area contributed by atoms with E-state index in [1.807, 2.05) is 30.3 Å². The number of fused-ring (bicyclic) bond motifs is 8. The third kappa shape index (κ3) is 4.80. The number of anilines is 3.